The topological polar surface area (TPSA) is 18.5 Å². The first kappa shape index (κ1) is 25.7. The second-order valence-electron chi connectivity index (χ2n) is 8.65. The minimum Gasteiger partial charge on any atom is -0.491 e. The lowest BCUT2D eigenvalue weighted by Gasteiger charge is -2.23. The van der Waals surface area contributed by atoms with E-state index in [9.17, 15) is 26.3 Å². The van der Waals surface area contributed by atoms with Crippen molar-refractivity contribution in [2.45, 2.75) is 33.1 Å². The van der Waals surface area contributed by atoms with Gasteiger partial charge in [0.15, 0.2) is 34.8 Å². The molecule has 0 aromatic heterocycles. The van der Waals surface area contributed by atoms with Crippen LogP contribution in [0.15, 0.2) is 42.5 Å². The molecule has 3 aromatic rings. The zero-order valence-corrected chi connectivity index (χ0v) is 19.7. The van der Waals surface area contributed by atoms with Gasteiger partial charge in [-0.1, -0.05) is 24.3 Å². The van der Waals surface area contributed by atoms with Crippen LogP contribution in [0, 0.1) is 47.7 Å². The molecule has 0 N–H and O–H groups in total. The molecule has 0 amide bonds. The van der Waals surface area contributed by atoms with E-state index in [4.69, 9.17) is 9.47 Å². The summed E-state index contributed by atoms with van der Waals surface area (Å²) in [6.45, 7) is 3.33. The highest BCUT2D eigenvalue weighted by Crippen LogP contribution is 2.37. The Bertz CT molecular complexity index is 1320. The first-order chi connectivity index (χ1) is 17.2. The summed E-state index contributed by atoms with van der Waals surface area (Å²) in [5.41, 5.74) is -0.0192. The maximum atomic E-state index is 15.0. The third-order valence-corrected chi connectivity index (χ3v) is 6.30. The van der Waals surface area contributed by atoms with E-state index in [-0.39, 0.29) is 41.8 Å². The van der Waals surface area contributed by atoms with Gasteiger partial charge >= 0.3 is 0 Å². The summed E-state index contributed by atoms with van der Waals surface area (Å²) in [5.74, 6) is -7.52. The number of hydrogen-bond acceptors (Lipinski definition) is 2. The third-order valence-electron chi connectivity index (χ3n) is 6.30. The van der Waals surface area contributed by atoms with Crippen molar-refractivity contribution in [2.75, 3.05) is 13.2 Å². The number of hydrogen-bond donors (Lipinski definition) is 0. The molecule has 3 aromatic carbocycles. The molecule has 1 atom stereocenters. The summed E-state index contributed by atoms with van der Waals surface area (Å²) in [7, 11) is 0. The Labute approximate surface area is 205 Å². The smallest absolute Gasteiger partial charge is 0.201 e. The molecule has 190 valence electrons. The maximum Gasteiger partial charge on any atom is 0.201 e. The lowest BCUT2D eigenvalue weighted by molar-refractivity contribution is 0.228. The SMILES string of the molecule is CCOc1ccc(-c2ccc(C3=CCC(COc4ccc(C)c(F)c4F)CC3)c(F)c2F)c(F)c1F. The minimum absolute atomic E-state index is 0.0226. The van der Waals surface area contributed by atoms with E-state index in [1.165, 1.54) is 37.3 Å². The van der Waals surface area contributed by atoms with Crippen LogP contribution in [0.25, 0.3) is 16.7 Å². The first-order valence-corrected chi connectivity index (χ1v) is 11.6. The van der Waals surface area contributed by atoms with Crippen LogP contribution in [-0.4, -0.2) is 13.2 Å². The fraction of sp³-hybridized carbons (Fsp3) is 0.286. The van der Waals surface area contributed by atoms with Crippen molar-refractivity contribution in [3.05, 3.63) is 88.5 Å². The van der Waals surface area contributed by atoms with Crippen LogP contribution < -0.4 is 9.47 Å². The van der Waals surface area contributed by atoms with Crippen molar-refractivity contribution in [1.82, 2.24) is 0 Å². The number of halogens is 6. The summed E-state index contributed by atoms with van der Waals surface area (Å²) in [4.78, 5) is 0. The minimum atomic E-state index is -1.32. The molecule has 1 unspecified atom stereocenters. The number of allylic oxidation sites excluding steroid dienone is 2. The molecule has 0 fully saturated rings. The Morgan fingerprint density at radius 1 is 0.694 bits per heavy atom. The third kappa shape index (κ3) is 4.94. The predicted octanol–water partition coefficient (Wildman–Crippen LogP) is 8.16. The lowest BCUT2D eigenvalue weighted by Crippen LogP contribution is -2.16. The van der Waals surface area contributed by atoms with Gasteiger partial charge < -0.3 is 9.47 Å². The lowest BCUT2D eigenvalue weighted by atomic mass is 9.86. The molecule has 0 bridgehead atoms. The van der Waals surface area contributed by atoms with E-state index >= 15 is 0 Å². The van der Waals surface area contributed by atoms with Gasteiger partial charge in [0.05, 0.1) is 13.2 Å². The van der Waals surface area contributed by atoms with E-state index in [0.717, 1.165) is 6.07 Å². The Hall–Kier alpha value is -3.42. The van der Waals surface area contributed by atoms with Crippen molar-refractivity contribution in [1.29, 1.82) is 0 Å². The number of aryl methyl sites for hydroxylation is 1. The van der Waals surface area contributed by atoms with Gasteiger partial charge in [0, 0.05) is 16.7 Å². The van der Waals surface area contributed by atoms with Crippen molar-refractivity contribution in [3.8, 4) is 22.6 Å². The number of rotatable bonds is 7. The summed E-state index contributed by atoms with van der Waals surface area (Å²) in [6, 6.07) is 7.68. The molecule has 0 saturated carbocycles. The molecule has 2 nitrogen and oxygen atoms in total. The monoisotopic (exact) mass is 506 g/mol. The van der Waals surface area contributed by atoms with Crippen LogP contribution in [0.1, 0.15) is 37.3 Å². The van der Waals surface area contributed by atoms with Gasteiger partial charge in [-0.2, -0.15) is 8.78 Å². The van der Waals surface area contributed by atoms with Crippen molar-refractivity contribution in [2.24, 2.45) is 5.92 Å². The molecule has 0 saturated heterocycles. The molecular weight excluding hydrogens is 482 g/mol. The normalized spacial score (nSPS) is 15.6. The first-order valence-electron chi connectivity index (χ1n) is 11.6. The van der Waals surface area contributed by atoms with Gasteiger partial charge in [-0.15, -0.1) is 0 Å². The van der Waals surface area contributed by atoms with Crippen LogP contribution in [0.5, 0.6) is 11.5 Å². The Kier molecular flexibility index (Phi) is 7.62. The summed E-state index contributed by atoms with van der Waals surface area (Å²) in [6.07, 6.45) is 3.18. The molecule has 0 spiro atoms. The van der Waals surface area contributed by atoms with Gasteiger partial charge in [0.25, 0.3) is 0 Å². The summed E-state index contributed by atoms with van der Waals surface area (Å²) >= 11 is 0. The molecule has 4 rings (SSSR count). The highest BCUT2D eigenvalue weighted by atomic mass is 19.2. The molecule has 8 heteroatoms. The number of benzene rings is 3. The molecule has 0 heterocycles. The van der Waals surface area contributed by atoms with Gasteiger partial charge in [-0.25, -0.2) is 17.6 Å². The van der Waals surface area contributed by atoms with Gasteiger partial charge in [0.2, 0.25) is 11.6 Å². The summed E-state index contributed by atoms with van der Waals surface area (Å²) in [5, 5.41) is 0. The Morgan fingerprint density at radius 2 is 1.25 bits per heavy atom. The fourth-order valence-corrected chi connectivity index (χ4v) is 4.24. The quantitative estimate of drug-likeness (QED) is 0.301. The van der Waals surface area contributed by atoms with Crippen LogP contribution in [0.3, 0.4) is 0 Å². The molecule has 36 heavy (non-hydrogen) atoms. The van der Waals surface area contributed by atoms with Crippen molar-refractivity contribution < 1.29 is 35.8 Å². The van der Waals surface area contributed by atoms with Crippen LogP contribution in [-0.2, 0) is 0 Å². The zero-order valence-electron chi connectivity index (χ0n) is 19.7. The van der Waals surface area contributed by atoms with Crippen molar-refractivity contribution >= 4 is 5.57 Å². The van der Waals surface area contributed by atoms with Crippen LogP contribution in [0.4, 0.5) is 26.3 Å². The average Bonchev–Trinajstić information content (AvgIpc) is 2.88. The molecule has 1 aliphatic rings. The maximum absolute atomic E-state index is 15.0. The van der Waals surface area contributed by atoms with Crippen molar-refractivity contribution in [3.63, 3.8) is 0 Å². The fourth-order valence-electron chi connectivity index (χ4n) is 4.24. The van der Waals surface area contributed by atoms with E-state index < -0.39 is 46.0 Å². The highest BCUT2D eigenvalue weighted by Gasteiger charge is 2.24. The standard InChI is InChI=1S/C28H24F6O2/c1-3-35-21-13-11-20(26(32)28(21)34)19-10-9-18(24(30)25(19)31)17-7-5-16(6-8-17)14-36-22-12-4-15(2)23(29)27(22)33/h4,7,9-13,16H,3,5-6,8,14H2,1-2H3. The average molecular weight is 506 g/mol. The van der Waals surface area contributed by atoms with E-state index in [2.05, 4.69) is 0 Å². The van der Waals surface area contributed by atoms with Crippen LogP contribution >= 0.6 is 0 Å². The predicted molar refractivity (Wildman–Crippen MR) is 125 cm³/mol. The second-order valence-corrected chi connectivity index (χ2v) is 8.65. The largest absolute Gasteiger partial charge is 0.491 e. The van der Waals surface area contributed by atoms with E-state index in [1.54, 1.807) is 13.0 Å². The zero-order chi connectivity index (χ0) is 26.0. The van der Waals surface area contributed by atoms with Crippen LogP contribution in [0.2, 0.25) is 0 Å². The highest BCUT2D eigenvalue weighted by molar-refractivity contribution is 5.72. The molecule has 0 aliphatic heterocycles. The molecule has 0 radical (unpaired) electrons. The number of ether oxygens (including phenoxy) is 2. The van der Waals surface area contributed by atoms with Gasteiger partial charge in [-0.3, -0.25) is 0 Å². The van der Waals surface area contributed by atoms with Gasteiger partial charge in [0.1, 0.15) is 0 Å². The van der Waals surface area contributed by atoms with E-state index in [1.807, 2.05) is 0 Å². The Morgan fingerprint density at radius 3 is 1.92 bits per heavy atom. The molecule has 1 aliphatic carbocycles. The van der Waals surface area contributed by atoms with E-state index in [0.29, 0.717) is 24.8 Å². The second kappa shape index (κ2) is 10.7. The van der Waals surface area contributed by atoms with Gasteiger partial charge in [-0.05, 0) is 68.4 Å². The summed E-state index contributed by atoms with van der Waals surface area (Å²) < 4.78 is 96.8. The Balaban J connectivity index is 1.49. The molecular formula is C28H24F6O2.